The zero-order valence-electron chi connectivity index (χ0n) is 8.83. The molecule has 0 amide bonds. The van der Waals surface area contributed by atoms with Gasteiger partial charge in [0.15, 0.2) is 0 Å². The summed E-state index contributed by atoms with van der Waals surface area (Å²) in [5.41, 5.74) is 2.28. The summed E-state index contributed by atoms with van der Waals surface area (Å²) in [5, 5.41) is 0. The van der Waals surface area contributed by atoms with Crippen molar-refractivity contribution >= 4 is 17.3 Å². The normalized spacial score (nSPS) is 10.2. The van der Waals surface area contributed by atoms with Crippen molar-refractivity contribution in [3.05, 3.63) is 24.0 Å². The Morgan fingerprint density at radius 1 is 1.43 bits per heavy atom. The zero-order valence-corrected chi connectivity index (χ0v) is 9.59. The number of aryl methyl sites for hydroxylation is 1. The monoisotopic (exact) mass is 212 g/mol. The lowest BCUT2D eigenvalue weighted by molar-refractivity contribution is 0.792. The maximum absolute atomic E-state index is 5.76. The van der Waals surface area contributed by atoms with Gasteiger partial charge in [-0.2, -0.15) is 0 Å². The van der Waals surface area contributed by atoms with Crippen LogP contribution in [0.5, 0.6) is 0 Å². The molecule has 78 valence electrons. The maximum Gasteiger partial charge on any atom is 0.0400 e. The van der Waals surface area contributed by atoms with Crippen molar-refractivity contribution in [2.24, 2.45) is 0 Å². The van der Waals surface area contributed by atoms with Gasteiger partial charge in [0.25, 0.3) is 0 Å². The molecule has 3 heteroatoms. The summed E-state index contributed by atoms with van der Waals surface area (Å²) in [6.45, 7) is 6.14. The molecule has 0 saturated carbocycles. The van der Waals surface area contributed by atoms with E-state index in [1.807, 2.05) is 19.2 Å². The molecule has 1 aromatic heterocycles. The second-order valence-corrected chi connectivity index (χ2v) is 3.71. The van der Waals surface area contributed by atoms with E-state index in [2.05, 4.69) is 22.9 Å². The lowest BCUT2D eigenvalue weighted by Crippen LogP contribution is -2.26. The SMILES string of the molecule is CCCN(CCCl)c1ccnc(C)c1. The van der Waals surface area contributed by atoms with Gasteiger partial charge in [0.1, 0.15) is 0 Å². The van der Waals surface area contributed by atoms with Crippen LogP contribution in [0.25, 0.3) is 0 Å². The van der Waals surface area contributed by atoms with E-state index in [1.165, 1.54) is 5.69 Å². The minimum Gasteiger partial charge on any atom is -0.370 e. The van der Waals surface area contributed by atoms with Crippen LogP contribution in [0, 0.1) is 6.92 Å². The fourth-order valence-electron chi connectivity index (χ4n) is 1.47. The third-order valence-corrected chi connectivity index (χ3v) is 2.26. The third-order valence-electron chi connectivity index (χ3n) is 2.09. The van der Waals surface area contributed by atoms with Crippen molar-refractivity contribution in [3.8, 4) is 0 Å². The molecule has 0 aliphatic carbocycles. The van der Waals surface area contributed by atoms with Gasteiger partial charge in [0, 0.05) is 36.5 Å². The number of alkyl halides is 1. The molecule has 0 saturated heterocycles. The van der Waals surface area contributed by atoms with Crippen LogP contribution in [0.15, 0.2) is 18.3 Å². The highest BCUT2D eigenvalue weighted by molar-refractivity contribution is 6.18. The van der Waals surface area contributed by atoms with Gasteiger partial charge in [-0.1, -0.05) is 6.92 Å². The van der Waals surface area contributed by atoms with E-state index in [9.17, 15) is 0 Å². The van der Waals surface area contributed by atoms with E-state index in [1.54, 1.807) is 0 Å². The Morgan fingerprint density at radius 2 is 2.21 bits per heavy atom. The molecular weight excluding hydrogens is 196 g/mol. The van der Waals surface area contributed by atoms with Gasteiger partial charge in [-0.25, -0.2) is 0 Å². The molecule has 0 unspecified atom stereocenters. The van der Waals surface area contributed by atoms with Crippen LogP contribution in [0.3, 0.4) is 0 Å². The van der Waals surface area contributed by atoms with Crippen LogP contribution < -0.4 is 4.90 Å². The number of hydrogen-bond acceptors (Lipinski definition) is 2. The smallest absolute Gasteiger partial charge is 0.0400 e. The van der Waals surface area contributed by atoms with Crippen LogP contribution in [-0.4, -0.2) is 24.0 Å². The first-order valence-corrected chi connectivity index (χ1v) is 5.55. The van der Waals surface area contributed by atoms with Gasteiger partial charge in [-0.3, -0.25) is 4.98 Å². The lowest BCUT2D eigenvalue weighted by Gasteiger charge is -2.23. The summed E-state index contributed by atoms with van der Waals surface area (Å²) in [5.74, 6) is 0.668. The van der Waals surface area contributed by atoms with Crippen molar-refractivity contribution in [2.45, 2.75) is 20.3 Å². The predicted molar refractivity (Wildman–Crippen MR) is 62.2 cm³/mol. The molecule has 0 atom stereocenters. The number of pyridine rings is 1. The number of nitrogens with zero attached hydrogens (tertiary/aromatic N) is 2. The van der Waals surface area contributed by atoms with Gasteiger partial charge in [-0.15, -0.1) is 11.6 Å². The number of anilines is 1. The molecule has 0 radical (unpaired) electrons. The molecule has 2 nitrogen and oxygen atoms in total. The molecule has 1 aromatic rings. The van der Waals surface area contributed by atoms with Crippen molar-refractivity contribution in [1.29, 1.82) is 0 Å². The predicted octanol–water partition coefficient (Wildman–Crippen LogP) is 2.85. The molecule has 0 aliphatic heterocycles. The second kappa shape index (κ2) is 5.86. The first kappa shape index (κ1) is 11.3. The average molecular weight is 213 g/mol. The van der Waals surface area contributed by atoms with Crippen molar-refractivity contribution in [3.63, 3.8) is 0 Å². The molecule has 1 rings (SSSR count). The van der Waals surface area contributed by atoms with E-state index < -0.39 is 0 Å². The van der Waals surface area contributed by atoms with E-state index in [0.717, 1.165) is 25.2 Å². The van der Waals surface area contributed by atoms with Gasteiger partial charge >= 0.3 is 0 Å². The van der Waals surface area contributed by atoms with Crippen LogP contribution in [-0.2, 0) is 0 Å². The lowest BCUT2D eigenvalue weighted by atomic mass is 10.3. The largest absolute Gasteiger partial charge is 0.370 e. The minimum atomic E-state index is 0.668. The fraction of sp³-hybridized carbons (Fsp3) is 0.545. The number of hydrogen-bond donors (Lipinski definition) is 0. The fourth-order valence-corrected chi connectivity index (χ4v) is 1.67. The molecule has 0 N–H and O–H groups in total. The first-order chi connectivity index (χ1) is 6.77. The third kappa shape index (κ3) is 3.18. The standard InChI is InChI=1S/C11H17ClN2/c1-3-7-14(8-5-12)11-4-6-13-10(2)9-11/h4,6,9H,3,5,7-8H2,1-2H3. The molecule has 14 heavy (non-hydrogen) atoms. The summed E-state index contributed by atoms with van der Waals surface area (Å²) in [7, 11) is 0. The highest BCUT2D eigenvalue weighted by Gasteiger charge is 2.04. The van der Waals surface area contributed by atoms with Crippen LogP contribution >= 0.6 is 11.6 Å². The van der Waals surface area contributed by atoms with Crippen molar-refractivity contribution in [1.82, 2.24) is 4.98 Å². The van der Waals surface area contributed by atoms with E-state index in [0.29, 0.717) is 5.88 Å². The Balaban J connectivity index is 2.75. The van der Waals surface area contributed by atoms with E-state index in [-0.39, 0.29) is 0 Å². The maximum atomic E-state index is 5.76. The average Bonchev–Trinajstić information content (AvgIpc) is 2.17. The summed E-state index contributed by atoms with van der Waals surface area (Å²) in [4.78, 5) is 6.48. The van der Waals surface area contributed by atoms with E-state index >= 15 is 0 Å². The number of aromatic nitrogens is 1. The summed E-state index contributed by atoms with van der Waals surface area (Å²) in [6, 6.07) is 4.14. The molecule has 0 fully saturated rings. The Kier molecular flexibility index (Phi) is 4.74. The van der Waals surface area contributed by atoms with Crippen LogP contribution in [0.2, 0.25) is 0 Å². The van der Waals surface area contributed by atoms with Gasteiger partial charge < -0.3 is 4.90 Å². The summed E-state index contributed by atoms with van der Waals surface area (Å²) in [6.07, 6.45) is 2.99. The topological polar surface area (TPSA) is 16.1 Å². The van der Waals surface area contributed by atoms with Gasteiger partial charge in [-0.05, 0) is 25.5 Å². The van der Waals surface area contributed by atoms with E-state index in [4.69, 9.17) is 11.6 Å². The molecule has 0 aromatic carbocycles. The second-order valence-electron chi connectivity index (χ2n) is 3.33. The highest BCUT2D eigenvalue weighted by atomic mass is 35.5. The zero-order chi connectivity index (χ0) is 10.4. The number of rotatable bonds is 5. The Morgan fingerprint density at radius 3 is 2.79 bits per heavy atom. The molecule has 0 bridgehead atoms. The van der Waals surface area contributed by atoms with Gasteiger partial charge in [0.2, 0.25) is 0 Å². The molecular formula is C11H17ClN2. The molecule has 1 heterocycles. The Bertz CT molecular complexity index is 270. The quantitative estimate of drug-likeness (QED) is 0.698. The molecule has 0 spiro atoms. The Labute approximate surface area is 90.9 Å². The summed E-state index contributed by atoms with van der Waals surface area (Å²) < 4.78 is 0. The number of halogens is 1. The highest BCUT2D eigenvalue weighted by Crippen LogP contribution is 2.14. The Hall–Kier alpha value is -0.760. The van der Waals surface area contributed by atoms with Crippen molar-refractivity contribution in [2.75, 3.05) is 23.9 Å². The van der Waals surface area contributed by atoms with Gasteiger partial charge in [0.05, 0.1) is 0 Å². The minimum absolute atomic E-state index is 0.668. The van der Waals surface area contributed by atoms with Crippen molar-refractivity contribution < 1.29 is 0 Å². The molecule has 0 aliphatic rings. The first-order valence-electron chi connectivity index (χ1n) is 5.01. The van der Waals surface area contributed by atoms with Crippen LogP contribution in [0.4, 0.5) is 5.69 Å². The van der Waals surface area contributed by atoms with Crippen LogP contribution in [0.1, 0.15) is 19.0 Å². The summed E-state index contributed by atoms with van der Waals surface area (Å²) >= 11 is 5.76.